The van der Waals surface area contributed by atoms with E-state index in [-0.39, 0.29) is 0 Å². The van der Waals surface area contributed by atoms with Crippen LogP contribution in [0.4, 0.5) is 0 Å². The molecule has 1 aliphatic carbocycles. The molecule has 0 heterocycles. The molecule has 1 atom stereocenters. The second-order valence-electron chi connectivity index (χ2n) is 3.85. The van der Waals surface area contributed by atoms with Gasteiger partial charge in [-0.2, -0.15) is 0 Å². The van der Waals surface area contributed by atoms with E-state index in [1.54, 1.807) is 7.11 Å². The van der Waals surface area contributed by atoms with Crippen LogP contribution in [0.15, 0.2) is 29.2 Å². The predicted molar refractivity (Wildman–Crippen MR) is 61.7 cm³/mol. The summed E-state index contributed by atoms with van der Waals surface area (Å²) in [6, 6.07) is 7.62. The largest absolute Gasteiger partial charge is 0.495 e. The summed E-state index contributed by atoms with van der Waals surface area (Å²) >= 11 is 0. The molecule has 2 rings (SSSR count). The topological polar surface area (TPSA) is 26.3 Å². The Hall–Kier alpha value is -0.830. The van der Waals surface area contributed by atoms with Crippen LogP contribution in [0, 0.1) is 0 Å². The molecule has 0 aliphatic heterocycles. The van der Waals surface area contributed by atoms with Gasteiger partial charge in [-0.3, -0.25) is 4.21 Å². The van der Waals surface area contributed by atoms with Crippen LogP contribution in [-0.2, 0) is 10.8 Å². The number of hydrogen-bond acceptors (Lipinski definition) is 2. The summed E-state index contributed by atoms with van der Waals surface area (Å²) in [5.74, 6) is 0.753. The first-order valence-electron chi connectivity index (χ1n) is 5.36. The zero-order chi connectivity index (χ0) is 10.7. The van der Waals surface area contributed by atoms with Crippen LogP contribution in [-0.4, -0.2) is 16.6 Å². The zero-order valence-electron chi connectivity index (χ0n) is 8.94. The second kappa shape index (κ2) is 4.79. The predicted octanol–water partition coefficient (Wildman–Crippen LogP) is 2.75. The van der Waals surface area contributed by atoms with E-state index >= 15 is 0 Å². The van der Waals surface area contributed by atoms with Gasteiger partial charge in [0.15, 0.2) is 0 Å². The molecule has 0 amide bonds. The lowest BCUT2D eigenvalue weighted by molar-refractivity contribution is 0.404. The normalized spacial score (nSPS) is 19.0. The lowest BCUT2D eigenvalue weighted by Gasteiger charge is -2.12. The minimum absolute atomic E-state index is 0.335. The van der Waals surface area contributed by atoms with Crippen molar-refractivity contribution in [1.82, 2.24) is 0 Å². The van der Waals surface area contributed by atoms with Gasteiger partial charge in [-0.1, -0.05) is 25.0 Å². The first-order chi connectivity index (χ1) is 7.33. The highest BCUT2D eigenvalue weighted by atomic mass is 32.2. The van der Waals surface area contributed by atoms with E-state index in [1.807, 2.05) is 24.3 Å². The number of ether oxygens (including phenoxy) is 1. The van der Waals surface area contributed by atoms with Crippen molar-refractivity contribution in [1.29, 1.82) is 0 Å². The average molecular weight is 224 g/mol. The van der Waals surface area contributed by atoms with E-state index in [9.17, 15) is 4.21 Å². The number of para-hydroxylation sites is 1. The Morgan fingerprint density at radius 1 is 1.27 bits per heavy atom. The van der Waals surface area contributed by atoms with Crippen molar-refractivity contribution in [3.05, 3.63) is 24.3 Å². The van der Waals surface area contributed by atoms with E-state index in [1.165, 1.54) is 12.8 Å². The Kier molecular flexibility index (Phi) is 3.41. The molecule has 2 nitrogen and oxygen atoms in total. The van der Waals surface area contributed by atoms with Crippen LogP contribution in [0.3, 0.4) is 0 Å². The molecule has 1 aromatic rings. The molecule has 1 aliphatic rings. The maximum Gasteiger partial charge on any atom is 0.134 e. The minimum Gasteiger partial charge on any atom is -0.495 e. The van der Waals surface area contributed by atoms with Gasteiger partial charge in [-0.05, 0) is 25.0 Å². The third-order valence-corrected chi connectivity index (χ3v) is 4.74. The number of hydrogen-bond donors (Lipinski definition) is 0. The first kappa shape index (κ1) is 10.7. The summed E-state index contributed by atoms with van der Waals surface area (Å²) in [5.41, 5.74) is 0. The maximum atomic E-state index is 12.3. The third kappa shape index (κ3) is 2.23. The van der Waals surface area contributed by atoms with Crippen molar-refractivity contribution in [3.63, 3.8) is 0 Å². The molecular formula is C12H16O2S. The highest BCUT2D eigenvalue weighted by Gasteiger charge is 2.24. The zero-order valence-corrected chi connectivity index (χ0v) is 9.76. The smallest absolute Gasteiger partial charge is 0.134 e. The molecule has 3 heteroatoms. The molecular weight excluding hydrogens is 208 g/mol. The molecule has 0 spiro atoms. The van der Waals surface area contributed by atoms with Crippen LogP contribution in [0.1, 0.15) is 25.7 Å². The summed E-state index contributed by atoms with van der Waals surface area (Å²) in [6.45, 7) is 0. The van der Waals surface area contributed by atoms with Crippen molar-refractivity contribution < 1.29 is 8.95 Å². The van der Waals surface area contributed by atoms with Crippen LogP contribution in [0.2, 0.25) is 0 Å². The minimum atomic E-state index is -0.895. The molecule has 1 fully saturated rings. The second-order valence-corrected chi connectivity index (χ2v) is 5.56. The van der Waals surface area contributed by atoms with Gasteiger partial charge in [0.05, 0.1) is 22.8 Å². The monoisotopic (exact) mass is 224 g/mol. The third-order valence-electron chi connectivity index (χ3n) is 2.89. The number of methoxy groups -OCH3 is 1. The van der Waals surface area contributed by atoms with E-state index in [0.29, 0.717) is 5.25 Å². The van der Waals surface area contributed by atoms with Gasteiger partial charge in [0.1, 0.15) is 5.75 Å². The summed E-state index contributed by atoms with van der Waals surface area (Å²) in [6.07, 6.45) is 4.60. The Morgan fingerprint density at radius 2 is 1.93 bits per heavy atom. The highest BCUT2D eigenvalue weighted by molar-refractivity contribution is 7.85. The molecule has 0 N–H and O–H groups in total. The van der Waals surface area contributed by atoms with Gasteiger partial charge in [-0.25, -0.2) is 0 Å². The summed E-state index contributed by atoms with van der Waals surface area (Å²) in [7, 11) is 0.734. The molecule has 0 radical (unpaired) electrons. The van der Waals surface area contributed by atoms with E-state index in [0.717, 1.165) is 23.5 Å². The van der Waals surface area contributed by atoms with Crippen molar-refractivity contribution in [2.45, 2.75) is 35.8 Å². The van der Waals surface area contributed by atoms with Crippen molar-refractivity contribution in [2.24, 2.45) is 0 Å². The van der Waals surface area contributed by atoms with E-state index < -0.39 is 10.8 Å². The fraction of sp³-hybridized carbons (Fsp3) is 0.500. The SMILES string of the molecule is COc1ccccc1S(=O)C1CCCC1. The van der Waals surface area contributed by atoms with Gasteiger partial charge in [0.25, 0.3) is 0 Å². The molecule has 0 bridgehead atoms. The van der Waals surface area contributed by atoms with Crippen molar-refractivity contribution in [2.75, 3.05) is 7.11 Å². The Balaban J connectivity index is 2.24. The van der Waals surface area contributed by atoms with Gasteiger partial charge in [0.2, 0.25) is 0 Å². The van der Waals surface area contributed by atoms with Gasteiger partial charge >= 0.3 is 0 Å². The van der Waals surface area contributed by atoms with Gasteiger partial charge in [-0.15, -0.1) is 0 Å². The Labute approximate surface area is 93.1 Å². The first-order valence-corrected chi connectivity index (χ1v) is 6.58. The maximum absolute atomic E-state index is 12.3. The average Bonchev–Trinajstić information content (AvgIpc) is 2.81. The lowest BCUT2D eigenvalue weighted by Crippen LogP contribution is -2.11. The molecule has 1 aromatic carbocycles. The molecule has 15 heavy (non-hydrogen) atoms. The number of benzene rings is 1. The summed E-state index contributed by atoms with van der Waals surface area (Å²) < 4.78 is 17.5. The fourth-order valence-corrected chi connectivity index (χ4v) is 3.75. The van der Waals surface area contributed by atoms with Crippen LogP contribution >= 0.6 is 0 Å². The van der Waals surface area contributed by atoms with E-state index in [2.05, 4.69) is 0 Å². The van der Waals surface area contributed by atoms with Crippen molar-refractivity contribution >= 4 is 10.8 Å². The lowest BCUT2D eigenvalue weighted by atomic mass is 10.3. The molecule has 82 valence electrons. The Bertz CT molecular complexity index is 356. The molecule has 0 aromatic heterocycles. The Morgan fingerprint density at radius 3 is 2.60 bits per heavy atom. The van der Waals surface area contributed by atoms with Crippen LogP contribution < -0.4 is 4.74 Å². The number of rotatable bonds is 3. The quantitative estimate of drug-likeness (QED) is 0.789. The van der Waals surface area contributed by atoms with E-state index in [4.69, 9.17) is 4.74 Å². The summed E-state index contributed by atoms with van der Waals surface area (Å²) in [5, 5.41) is 0.335. The van der Waals surface area contributed by atoms with Crippen molar-refractivity contribution in [3.8, 4) is 5.75 Å². The molecule has 1 saturated carbocycles. The van der Waals surface area contributed by atoms with Gasteiger partial charge in [0, 0.05) is 5.25 Å². The standard InChI is InChI=1S/C12H16O2S/c1-14-11-8-4-5-9-12(11)15(13)10-6-2-3-7-10/h4-5,8-10H,2-3,6-7H2,1H3. The van der Waals surface area contributed by atoms with Crippen LogP contribution in [0.25, 0.3) is 0 Å². The summed E-state index contributed by atoms with van der Waals surface area (Å²) in [4.78, 5) is 0.854. The van der Waals surface area contributed by atoms with Crippen LogP contribution in [0.5, 0.6) is 5.75 Å². The van der Waals surface area contributed by atoms with Gasteiger partial charge < -0.3 is 4.74 Å². The highest BCUT2D eigenvalue weighted by Crippen LogP contribution is 2.30. The molecule has 0 saturated heterocycles. The molecule has 1 unspecified atom stereocenters. The fourth-order valence-electron chi connectivity index (χ4n) is 2.07.